The Labute approximate surface area is 209 Å². The van der Waals surface area contributed by atoms with Crippen molar-refractivity contribution < 1.29 is 19.5 Å². The number of ether oxygens (including phenoxy) is 1. The molecule has 0 radical (unpaired) electrons. The molecule has 2 atom stereocenters. The van der Waals surface area contributed by atoms with Crippen molar-refractivity contribution in [2.75, 3.05) is 13.2 Å². The van der Waals surface area contributed by atoms with Gasteiger partial charge in [-0.15, -0.1) is 0 Å². The number of aliphatic hydroxyl groups is 1. The molecule has 5 rings (SSSR count). The second kappa shape index (κ2) is 9.50. The van der Waals surface area contributed by atoms with Crippen molar-refractivity contribution in [3.8, 4) is 11.4 Å². The number of benzene rings is 1. The minimum Gasteiger partial charge on any atom is -0.461 e. The Kier molecular flexibility index (Phi) is 6.38. The Morgan fingerprint density at radius 3 is 2.83 bits per heavy atom. The van der Waals surface area contributed by atoms with Crippen molar-refractivity contribution in [2.24, 2.45) is 11.1 Å². The van der Waals surface area contributed by atoms with Crippen LogP contribution in [0.2, 0.25) is 0 Å². The largest absolute Gasteiger partial charge is 0.461 e. The predicted octanol–water partition coefficient (Wildman–Crippen LogP) is 3.91. The number of nitrogens with zero attached hydrogens (tertiary/aromatic N) is 3. The molecule has 8 heteroatoms. The Morgan fingerprint density at radius 1 is 1.28 bits per heavy atom. The molecule has 0 bridgehead atoms. The van der Waals surface area contributed by atoms with Crippen LogP contribution in [-0.4, -0.2) is 40.1 Å². The number of carbonyl (C=O) groups is 1. The van der Waals surface area contributed by atoms with Gasteiger partial charge in [-0.25, -0.2) is 4.98 Å². The van der Waals surface area contributed by atoms with E-state index >= 15 is 0 Å². The van der Waals surface area contributed by atoms with Gasteiger partial charge in [0.1, 0.15) is 13.2 Å². The van der Waals surface area contributed by atoms with E-state index < -0.39 is 11.4 Å². The molecule has 0 fully saturated rings. The lowest BCUT2D eigenvalue weighted by Crippen LogP contribution is -2.35. The molecule has 188 valence electrons. The third kappa shape index (κ3) is 3.89. The number of oxime groups is 1. The first kappa shape index (κ1) is 24.2. The summed E-state index contributed by atoms with van der Waals surface area (Å²) in [5.41, 5.74) is 3.93. The molecule has 0 spiro atoms. The lowest BCUT2D eigenvalue weighted by molar-refractivity contribution is -0.146. The molecular weight excluding hydrogens is 458 g/mol. The van der Waals surface area contributed by atoms with E-state index in [2.05, 4.69) is 19.0 Å². The Hall–Kier alpha value is -3.52. The molecule has 0 saturated heterocycles. The van der Waals surface area contributed by atoms with E-state index in [1.807, 2.05) is 37.3 Å². The van der Waals surface area contributed by atoms with Gasteiger partial charge in [0.05, 0.1) is 48.3 Å². The lowest BCUT2D eigenvalue weighted by Gasteiger charge is -2.30. The number of aliphatic hydroxyl groups excluding tert-OH is 1. The van der Waals surface area contributed by atoms with Crippen LogP contribution < -0.4 is 5.56 Å². The van der Waals surface area contributed by atoms with E-state index in [1.54, 1.807) is 10.8 Å². The van der Waals surface area contributed by atoms with E-state index in [9.17, 15) is 14.7 Å². The summed E-state index contributed by atoms with van der Waals surface area (Å²) in [4.78, 5) is 36.6. The number of rotatable bonds is 7. The standard InChI is InChI=1S/C28H31N3O5/c1-4-17(3)14-36-29-12-19-18-8-6-7-9-23(18)30-26-20(19)13-31-24(26)10-22-21(27(31)34)15-35-25(33)11-28(22,5-2)16-32/h6-10,12,17,32H,4-5,11,13-16H2,1-3H3/b29-12+. The number of fused-ring (bicyclic) bond motifs is 5. The number of carbonyl (C=O) groups excluding carboxylic acids is 1. The number of hydrogen-bond acceptors (Lipinski definition) is 7. The number of para-hydroxylation sites is 1. The molecule has 8 nitrogen and oxygen atoms in total. The zero-order chi connectivity index (χ0) is 25.4. The van der Waals surface area contributed by atoms with Crippen molar-refractivity contribution in [1.29, 1.82) is 0 Å². The molecule has 2 unspecified atom stereocenters. The predicted molar refractivity (Wildman–Crippen MR) is 137 cm³/mol. The van der Waals surface area contributed by atoms with Crippen molar-refractivity contribution >= 4 is 23.1 Å². The van der Waals surface area contributed by atoms with Gasteiger partial charge < -0.3 is 19.2 Å². The highest BCUT2D eigenvalue weighted by Crippen LogP contribution is 2.41. The number of aromatic nitrogens is 2. The SMILES string of the molecule is CCC(C)CO/N=C/c1c2c(nc3ccccc13)-c1cc3c(c(=O)n1C2)COC(=O)CC3(CC)CO. The zero-order valence-electron chi connectivity index (χ0n) is 20.9. The third-order valence-corrected chi connectivity index (χ3v) is 7.72. The summed E-state index contributed by atoms with van der Waals surface area (Å²) in [5, 5.41) is 15.6. The van der Waals surface area contributed by atoms with Crippen molar-refractivity contribution in [2.45, 2.75) is 58.6 Å². The van der Waals surface area contributed by atoms with Gasteiger partial charge >= 0.3 is 5.97 Å². The third-order valence-electron chi connectivity index (χ3n) is 7.72. The van der Waals surface area contributed by atoms with Crippen molar-refractivity contribution in [3.05, 3.63) is 62.9 Å². The first-order valence-corrected chi connectivity index (χ1v) is 12.5. The summed E-state index contributed by atoms with van der Waals surface area (Å²) >= 11 is 0. The molecule has 1 N–H and O–H groups in total. The van der Waals surface area contributed by atoms with Gasteiger partial charge in [-0.2, -0.15) is 0 Å². The van der Waals surface area contributed by atoms with Crippen molar-refractivity contribution in [3.63, 3.8) is 0 Å². The average Bonchev–Trinajstić information content (AvgIpc) is 3.19. The monoisotopic (exact) mass is 489 g/mol. The van der Waals surface area contributed by atoms with Gasteiger partial charge in [0.2, 0.25) is 0 Å². The quantitative estimate of drug-likeness (QED) is 0.240. The van der Waals surface area contributed by atoms with Gasteiger partial charge in [-0.3, -0.25) is 9.59 Å². The Bertz CT molecular complexity index is 1420. The molecule has 2 aliphatic rings. The van der Waals surface area contributed by atoms with E-state index in [4.69, 9.17) is 14.6 Å². The molecule has 2 aromatic heterocycles. The van der Waals surface area contributed by atoms with Crippen molar-refractivity contribution in [1.82, 2.24) is 9.55 Å². The molecule has 1 aromatic carbocycles. The summed E-state index contributed by atoms with van der Waals surface area (Å²) in [7, 11) is 0. The van der Waals surface area contributed by atoms with Gasteiger partial charge in [0.15, 0.2) is 0 Å². The summed E-state index contributed by atoms with van der Waals surface area (Å²) in [6.07, 6.45) is 3.25. The minimum atomic E-state index is -0.870. The normalized spacial score (nSPS) is 19.5. The zero-order valence-corrected chi connectivity index (χ0v) is 20.9. The molecule has 0 saturated carbocycles. The summed E-state index contributed by atoms with van der Waals surface area (Å²) < 4.78 is 7.05. The minimum absolute atomic E-state index is 0.0271. The number of pyridine rings is 2. The van der Waals surface area contributed by atoms with E-state index in [1.165, 1.54) is 0 Å². The highest BCUT2D eigenvalue weighted by atomic mass is 16.6. The maximum atomic E-state index is 13.7. The van der Waals surface area contributed by atoms with E-state index in [0.717, 1.165) is 28.5 Å². The molecular formula is C28H31N3O5. The fourth-order valence-electron chi connectivity index (χ4n) is 5.13. The number of esters is 1. The van der Waals surface area contributed by atoms with Crippen LogP contribution in [0.25, 0.3) is 22.3 Å². The summed E-state index contributed by atoms with van der Waals surface area (Å²) in [6, 6.07) is 9.74. The molecule has 2 aliphatic heterocycles. The average molecular weight is 490 g/mol. The van der Waals surface area contributed by atoms with Crippen LogP contribution in [0.4, 0.5) is 0 Å². The molecule has 36 heavy (non-hydrogen) atoms. The van der Waals surface area contributed by atoms with E-state index in [-0.39, 0.29) is 25.2 Å². The van der Waals surface area contributed by atoms with Gasteiger partial charge in [-0.05, 0) is 30.0 Å². The van der Waals surface area contributed by atoms with Gasteiger partial charge in [0.25, 0.3) is 5.56 Å². The number of hydrogen-bond donors (Lipinski definition) is 1. The first-order chi connectivity index (χ1) is 17.4. The highest BCUT2D eigenvalue weighted by Gasteiger charge is 2.40. The maximum Gasteiger partial charge on any atom is 0.307 e. The second-order valence-corrected chi connectivity index (χ2v) is 9.86. The van der Waals surface area contributed by atoms with Crippen LogP contribution in [0.15, 0.2) is 40.3 Å². The second-order valence-electron chi connectivity index (χ2n) is 9.86. The fraction of sp³-hybridized carbons (Fsp3) is 0.429. The van der Waals surface area contributed by atoms with Crippen LogP contribution >= 0.6 is 0 Å². The van der Waals surface area contributed by atoms with E-state index in [0.29, 0.717) is 48.0 Å². The lowest BCUT2D eigenvalue weighted by atomic mass is 9.74. The molecule has 0 amide bonds. The smallest absolute Gasteiger partial charge is 0.307 e. The maximum absolute atomic E-state index is 13.7. The summed E-state index contributed by atoms with van der Waals surface area (Å²) in [6.45, 7) is 6.65. The topological polar surface area (TPSA) is 103 Å². The van der Waals surface area contributed by atoms with Crippen LogP contribution in [0.3, 0.4) is 0 Å². The first-order valence-electron chi connectivity index (χ1n) is 12.5. The van der Waals surface area contributed by atoms with Gasteiger partial charge in [-0.1, -0.05) is 50.5 Å². The molecule has 4 heterocycles. The summed E-state index contributed by atoms with van der Waals surface area (Å²) in [5.74, 6) is -0.00758. The van der Waals surface area contributed by atoms with Crippen LogP contribution in [0.1, 0.15) is 62.3 Å². The van der Waals surface area contributed by atoms with Crippen LogP contribution in [0.5, 0.6) is 0 Å². The Balaban J connectivity index is 1.69. The highest BCUT2D eigenvalue weighted by molar-refractivity contribution is 6.02. The fourth-order valence-corrected chi connectivity index (χ4v) is 5.13. The van der Waals surface area contributed by atoms with Crippen LogP contribution in [0, 0.1) is 5.92 Å². The molecule has 3 aromatic rings. The number of cyclic esters (lactones) is 1. The Morgan fingerprint density at radius 2 is 2.08 bits per heavy atom. The van der Waals surface area contributed by atoms with Crippen LogP contribution in [-0.2, 0) is 32.9 Å². The molecule has 0 aliphatic carbocycles. The van der Waals surface area contributed by atoms with Gasteiger partial charge in [0, 0.05) is 21.9 Å².